The molecular weight excluding hydrogens is 310 g/mol. The molecule has 0 aromatic carbocycles. The van der Waals surface area contributed by atoms with E-state index in [2.05, 4.69) is 33.9 Å². The molecule has 2 atom stereocenters. The molecule has 1 aliphatic heterocycles. The van der Waals surface area contributed by atoms with Gasteiger partial charge in [0.05, 0.1) is 18.8 Å². The largest absolute Gasteiger partial charge is 0.444 e. The van der Waals surface area contributed by atoms with Crippen LogP contribution in [0.25, 0.3) is 0 Å². The first kappa shape index (κ1) is 20.5. The Morgan fingerprint density at radius 2 is 1.74 bits per heavy atom. The lowest BCUT2D eigenvalue weighted by molar-refractivity contribution is 0.0138. The van der Waals surface area contributed by atoms with Crippen molar-refractivity contribution in [3.05, 3.63) is 0 Å². The van der Waals surface area contributed by atoms with Crippen molar-refractivity contribution in [1.29, 1.82) is 0 Å². The van der Waals surface area contributed by atoms with Gasteiger partial charge < -0.3 is 18.8 Å². The third-order valence-corrected chi connectivity index (χ3v) is 9.17. The highest BCUT2D eigenvalue weighted by Crippen LogP contribution is 2.39. The molecule has 1 aliphatic rings. The molecule has 1 saturated heterocycles. The molecule has 0 aromatic rings. The summed E-state index contributed by atoms with van der Waals surface area (Å²) in [6.45, 7) is 17.9. The van der Waals surface area contributed by atoms with Gasteiger partial charge in [-0.15, -0.1) is 0 Å². The minimum Gasteiger partial charge on any atom is -0.444 e. The summed E-state index contributed by atoms with van der Waals surface area (Å²) in [6, 6.07) is 0.0182. The third-order valence-electron chi connectivity index (χ3n) is 4.63. The lowest BCUT2D eigenvalue weighted by Gasteiger charge is -2.38. The van der Waals surface area contributed by atoms with Gasteiger partial charge in [-0.3, -0.25) is 0 Å². The van der Waals surface area contributed by atoms with Crippen LogP contribution in [0.15, 0.2) is 0 Å². The minimum absolute atomic E-state index is 0.0182. The molecule has 136 valence electrons. The maximum absolute atomic E-state index is 12.5. The average molecular weight is 346 g/mol. The fraction of sp³-hybridized carbons (Fsp3) is 0.941. The van der Waals surface area contributed by atoms with Gasteiger partial charge in [0, 0.05) is 13.7 Å². The van der Waals surface area contributed by atoms with Crippen LogP contribution in [0.4, 0.5) is 4.79 Å². The number of carbonyl (C=O) groups is 1. The minimum atomic E-state index is -1.85. The molecule has 1 fully saturated rings. The van der Waals surface area contributed by atoms with Crippen LogP contribution >= 0.6 is 0 Å². The Kier molecular flexibility index (Phi) is 6.32. The summed E-state index contributed by atoms with van der Waals surface area (Å²) in [7, 11) is -0.191. The smallest absolute Gasteiger partial charge is 0.410 e. The van der Waals surface area contributed by atoms with Crippen LogP contribution in [-0.4, -0.2) is 57.3 Å². The number of methoxy groups -OCH3 is 1. The standard InChI is InChI=1S/C17H35NO4Si/c1-16(2,3)21-15(19)18-11-14(10-13(18)12-20-7)22-23(8,9)17(4,5)6/h13-14H,10-12H2,1-9H3. The number of amides is 1. The Morgan fingerprint density at radius 1 is 1.17 bits per heavy atom. The molecule has 0 aliphatic carbocycles. The van der Waals surface area contributed by atoms with Gasteiger partial charge in [0.1, 0.15) is 5.60 Å². The molecule has 5 nitrogen and oxygen atoms in total. The van der Waals surface area contributed by atoms with Crippen LogP contribution < -0.4 is 0 Å². The number of hydrogen-bond donors (Lipinski definition) is 0. The molecule has 1 amide bonds. The van der Waals surface area contributed by atoms with Gasteiger partial charge in [-0.2, -0.15) is 0 Å². The van der Waals surface area contributed by atoms with Gasteiger partial charge in [0.2, 0.25) is 0 Å². The van der Waals surface area contributed by atoms with Gasteiger partial charge in [0.25, 0.3) is 0 Å². The highest BCUT2D eigenvalue weighted by Gasteiger charge is 2.44. The lowest BCUT2D eigenvalue weighted by atomic mass is 10.2. The molecule has 0 N–H and O–H groups in total. The number of hydrogen-bond acceptors (Lipinski definition) is 4. The lowest BCUT2D eigenvalue weighted by Crippen LogP contribution is -2.45. The molecule has 0 spiro atoms. The Balaban J connectivity index is 2.80. The molecule has 0 radical (unpaired) electrons. The van der Waals surface area contributed by atoms with Crippen LogP contribution in [0.1, 0.15) is 48.0 Å². The van der Waals surface area contributed by atoms with Crippen molar-refractivity contribution >= 4 is 14.4 Å². The first-order valence-corrected chi connectivity index (χ1v) is 11.3. The van der Waals surface area contributed by atoms with Crippen molar-refractivity contribution in [2.45, 2.75) is 83.8 Å². The van der Waals surface area contributed by atoms with E-state index in [1.165, 1.54) is 0 Å². The maximum Gasteiger partial charge on any atom is 0.410 e. The molecule has 0 aromatic heterocycles. The number of nitrogens with zero attached hydrogens (tertiary/aromatic N) is 1. The van der Waals surface area contributed by atoms with E-state index in [-0.39, 0.29) is 23.3 Å². The second-order valence-corrected chi connectivity index (χ2v) is 13.7. The predicted molar refractivity (Wildman–Crippen MR) is 95.3 cm³/mol. The SMILES string of the molecule is COCC1CC(O[Si](C)(C)C(C)(C)C)CN1C(=O)OC(C)(C)C. The van der Waals surface area contributed by atoms with E-state index in [0.717, 1.165) is 6.42 Å². The van der Waals surface area contributed by atoms with Gasteiger partial charge in [-0.05, 0) is 45.3 Å². The van der Waals surface area contributed by atoms with E-state index in [1.54, 1.807) is 12.0 Å². The highest BCUT2D eigenvalue weighted by molar-refractivity contribution is 6.74. The van der Waals surface area contributed by atoms with E-state index in [0.29, 0.717) is 13.2 Å². The van der Waals surface area contributed by atoms with E-state index < -0.39 is 13.9 Å². The topological polar surface area (TPSA) is 48.0 Å². The predicted octanol–water partition coefficient (Wildman–Crippen LogP) is 4.03. The summed E-state index contributed by atoms with van der Waals surface area (Å²) in [5.41, 5.74) is -0.493. The van der Waals surface area contributed by atoms with E-state index in [4.69, 9.17) is 13.9 Å². The normalized spacial score (nSPS) is 23.3. The fourth-order valence-electron chi connectivity index (χ4n) is 2.45. The summed E-state index contributed by atoms with van der Waals surface area (Å²) in [5, 5.41) is 0.156. The summed E-state index contributed by atoms with van der Waals surface area (Å²) in [4.78, 5) is 14.2. The van der Waals surface area contributed by atoms with Crippen LogP contribution in [0.5, 0.6) is 0 Å². The summed E-state index contributed by atoms with van der Waals surface area (Å²) >= 11 is 0. The Bertz CT molecular complexity index is 412. The first-order chi connectivity index (χ1) is 10.3. The molecule has 1 heterocycles. The van der Waals surface area contributed by atoms with Crippen LogP contribution in [0.2, 0.25) is 18.1 Å². The maximum atomic E-state index is 12.5. The number of carbonyl (C=O) groups excluding carboxylic acids is 1. The summed E-state index contributed by atoms with van der Waals surface area (Å²) < 4.78 is 17.3. The van der Waals surface area contributed by atoms with Gasteiger partial charge in [-0.1, -0.05) is 20.8 Å². The van der Waals surface area contributed by atoms with E-state index in [9.17, 15) is 4.79 Å². The van der Waals surface area contributed by atoms with Gasteiger partial charge >= 0.3 is 6.09 Å². The second-order valence-electron chi connectivity index (χ2n) is 8.98. The van der Waals surface area contributed by atoms with E-state index in [1.807, 2.05) is 20.8 Å². The van der Waals surface area contributed by atoms with Crippen molar-refractivity contribution in [1.82, 2.24) is 4.90 Å². The molecule has 0 saturated carbocycles. The number of rotatable bonds is 4. The van der Waals surface area contributed by atoms with Gasteiger partial charge in [0.15, 0.2) is 8.32 Å². The molecular formula is C17H35NO4Si. The number of ether oxygens (including phenoxy) is 2. The van der Waals surface area contributed by atoms with Crippen molar-refractivity contribution < 1.29 is 18.7 Å². The Morgan fingerprint density at radius 3 is 2.17 bits per heavy atom. The van der Waals surface area contributed by atoms with Crippen molar-refractivity contribution in [3.8, 4) is 0 Å². The van der Waals surface area contributed by atoms with Crippen LogP contribution in [0, 0.1) is 0 Å². The van der Waals surface area contributed by atoms with Crippen molar-refractivity contribution in [3.63, 3.8) is 0 Å². The molecule has 6 heteroatoms. The fourth-order valence-corrected chi connectivity index (χ4v) is 3.80. The second kappa shape index (κ2) is 7.11. The van der Waals surface area contributed by atoms with Crippen LogP contribution in [0.3, 0.4) is 0 Å². The average Bonchev–Trinajstić information content (AvgIpc) is 2.68. The number of likely N-dealkylation sites (tertiary alicyclic amines) is 1. The summed E-state index contributed by atoms with van der Waals surface area (Å²) in [6.07, 6.45) is 0.587. The molecule has 0 bridgehead atoms. The zero-order valence-corrected chi connectivity index (χ0v) is 17.4. The third kappa shape index (κ3) is 5.76. The Labute approximate surface area is 142 Å². The zero-order valence-electron chi connectivity index (χ0n) is 16.4. The van der Waals surface area contributed by atoms with Crippen molar-refractivity contribution in [2.75, 3.05) is 20.3 Å². The molecule has 23 heavy (non-hydrogen) atoms. The zero-order chi connectivity index (χ0) is 18.1. The van der Waals surface area contributed by atoms with Crippen molar-refractivity contribution in [2.24, 2.45) is 0 Å². The first-order valence-electron chi connectivity index (χ1n) is 8.43. The molecule has 2 unspecified atom stereocenters. The monoisotopic (exact) mass is 345 g/mol. The molecule has 1 rings (SSSR count). The quantitative estimate of drug-likeness (QED) is 0.722. The van der Waals surface area contributed by atoms with Crippen LogP contribution in [-0.2, 0) is 13.9 Å². The highest BCUT2D eigenvalue weighted by atomic mass is 28.4. The Hall–Kier alpha value is -0.593. The van der Waals surface area contributed by atoms with Gasteiger partial charge in [-0.25, -0.2) is 4.79 Å². The summed E-state index contributed by atoms with van der Waals surface area (Å²) in [5.74, 6) is 0. The van der Waals surface area contributed by atoms with E-state index >= 15 is 0 Å².